The summed E-state index contributed by atoms with van der Waals surface area (Å²) in [5.41, 5.74) is 0.414. The van der Waals surface area contributed by atoms with Gasteiger partial charge in [0.15, 0.2) is 5.78 Å². The Morgan fingerprint density at radius 2 is 2.56 bits per heavy atom. The van der Waals surface area contributed by atoms with Crippen molar-refractivity contribution in [1.82, 2.24) is 0 Å². The van der Waals surface area contributed by atoms with Gasteiger partial charge in [-0.25, -0.2) is 0 Å². The zero-order chi connectivity index (χ0) is 6.69. The molecule has 0 fully saturated rings. The number of carbonyl (C=O) groups is 1. The Balaban J connectivity index is 2.77. The van der Waals surface area contributed by atoms with Gasteiger partial charge < -0.3 is 9.52 Å². The van der Waals surface area contributed by atoms with Gasteiger partial charge in [-0.1, -0.05) is 0 Å². The maximum Gasteiger partial charge on any atom is 0.191 e. The minimum absolute atomic E-state index is 0.316. The van der Waals surface area contributed by atoms with Crippen LogP contribution >= 0.6 is 0 Å². The summed E-state index contributed by atoms with van der Waals surface area (Å²) in [6, 6.07) is 1.51. The van der Waals surface area contributed by atoms with Gasteiger partial charge in [-0.3, -0.25) is 4.79 Å². The number of aliphatic hydroxyl groups excluding tert-OH is 1. The van der Waals surface area contributed by atoms with E-state index in [1.54, 1.807) is 0 Å². The highest BCUT2D eigenvalue weighted by Gasteiger charge is 2.02. The third-order valence-corrected chi connectivity index (χ3v) is 0.987. The molecule has 0 aliphatic heterocycles. The van der Waals surface area contributed by atoms with E-state index in [0.717, 1.165) is 0 Å². The Morgan fingerprint density at radius 1 is 1.78 bits per heavy atom. The monoisotopic (exact) mass is 126 g/mol. The standard InChI is InChI=1S/C6H6O3/c7-3-6(8)5-1-2-9-4-5/h1-2,4,7H,3H2. The van der Waals surface area contributed by atoms with E-state index >= 15 is 0 Å². The fourth-order valence-electron chi connectivity index (χ4n) is 0.514. The smallest absolute Gasteiger partial charge is 0.191 e. The van der Waals surface area contributed by atoms with Crippen LogP contribution in [0, 0.1) is 0 Å². The number of ketones is 1. The molecule has 0 aromatic carbocycles. The van der Waals surface area contributed by atoms with Crippen LogP contribution in [-0.4, -0.2) is 17.5 Å². The van der Waals surface area contributed by atoms with Crippen molar-refractivity contribution in [3.8, 4) is 0 Å². The van der Waals surface area contributed by atoms with Gasteiger partial charge in [0.2, 0.25) is 0 Å². The van der Waals surface area contributed by atoms with E-state index in [9.17, 15) is 4.79 Å². The van der Waals surface area contributed by atoms with Gasteiger partial charge in [0.1, 0.15) is 12.9 Å². The van der Waals surface area contributed by atoms with Crippen molar-refractivity contribution < 1.29 is 14.3 Å². The first-order valence-corrected chi connectivity index (χ1v) is 2.51. The first-order valence-electron chi connectivity index (χ1n) is 2.51. The topological polar surface area (TPSA) is 50.4 Å². The summed E-state index contributed by atoms with van der Waals surface area (Å²) >= 11 is 0. The average Bonchev–Trinajstić information content (AvgIpc) is 2.37. The van der Waals surface area contributed by atoms with E-state index in [-0.39, 0.29) is 5.78 Å². The van der Waals surface area contributed by atoms with E-state index in [1.807, 2.05) is 0 Å². The Labute approximate surface area is 51.9 Å². The molecule has 0 bridgehead atoms. The molecule has 0 aliphatic rings. The van der Waals surface area contributed by atoms with Gasteiger partial charge >= 0.3 is 0 Å². The van der Waals surface area contributed by atoms with Crippen LogP contribution in [0.2, 0.25) is 0 Å². The molecule has 1 aromatic heterocycles. The lowest BCUT2D eigenvalue weighted by Gasteiger charge is -1.85. The predicted molar refractivity (Wildman–Crippen MR) is 30.1 cm³/mol. The third kappa shape index (κ3) is 1.17. The molecule has 1 heterocycles. The van der Waals surface area contributed by atoms with Crippen LogP contribution in [0.4, 0.5) is 0 Å². The van der Waals surface area contributed by atoms with Crippen LogP contribution in [0.3, 0.4) is 0 Å². The average molecular weight is 126 g/mol. The molecule has 1 aromatic rings. The molecule has 0 radical (unpaired) electrons. The fourth-order valence-corrected chi connectivity index (χ4v) is 0.514. The Morgan fingerprint density at radius 3 is 3.00 bits per heavy atom. The number of hydrogen-bond donors (Lipinski definition) is 1. The molecular formula is C6H6O3. The molecule has 9 heavy (non-hydrogen) atoms. The van der Waals surface area contributed by atoms with Gasteiger partial charge in [-0.05, 0) is 6.07 Å². The van der Waals surface area contributed by atoms with E-state index < -0.39 is 6.61 Å². The van der Waals surface area contributed by atoms with Crippen molar-refractivity contribution in [2.24, 2.45) is 0 Å². The highest BCUT2D eigenvalue weighted by molar-refractivity contribution is 5.96. The second kappa shape index (κ2) is 2.46. The molecule has 3 heteroatoms. The summed E-state index contributed by atoms with van der Waals surface area (Å²) in [5.74, 6) is -0.316. The van der Waals surface area contributed by atoms with Gasteiger partial charge in [-0.2, -0.15) is 0 Å². The van der Waals surface area contributed by atoms with E-state index in [4.69, 9.17) is 5.11 Å². The summed E-state index contributed by atoms with van der Waals surface area (Å²) in [7, 11) is 0. The van der Waals surface area contributed by atoms with Crippen molar-refractivity contribution in [3.05, 3.63) is 24.2 Å². The molecule has 0 aliphatic carbocycles. The highest BCUT2D eigenvalue weighted by Crippen LogP contribution is 1.99. The van der Waals surface area contributed by atoms with Crippen molar-refractivity contribution in [2.45, 2.75) is 0 Å². The van der Waals surface area contributed by atoms with Gasteiger partial charge in [0.05, 0.1) is 11.8 Å². The maximum atomic E-state index is 10.6. The molecule has 0 saturated carbocycles. The second-order valence-electron chi connectivity index (χ2n) is 1.59. The lowest BCUT2D eigenvalue weighted by molar-refractivity contribution is 0.0903. The zero-order valence-electron chi connectivity index (χ0n) is 4.70. The summed E-state index contributed by atoms with van der Waals surface area (Å²) in [4.78, 5) is 10.6. The van der Waals surface area contributed by atoms with Crippen LogP contribution in [0.5, 0.6) is 0 Å². The fraction of sp³-hybridized carbons (Fsp3) is 0.167. The van der Waals surface area contributed by atoms with Crippen molar-refractivity contribution >= 4 is 5.78 Å². The molecule has 0 unspecified atom stereocenters. The number of Topliss-reactive ketones (excluding diaryl/α,β-unsaturated/α-hetero) is 1. The molecule has 1 N–H and O–H groups in total. The predicted octanol–water partition coefficient (Wildman–Crippen LogP) is 0.455. The SMILES string of the molecule is O=C(CO)c1ccoc1. The Kier molecular flexibility index (Phi) is 1.65. The molecule has 0 amide bonds. The van der Waals surface area contributed by atoms with Crippen LogP contribution in [0.1, 0.15) is 10.4 Å². The van der Waals surface area contributed by atoms with Crippen molar-refractivity contribution in [2.75, 3.05) is 6.61 Å². The van der Waals surface area contributed by atoms with Crippen LogP contribution in [0.15, 0.2) is 23.0 Å². The van der Waals surface area contributed by atoms with Gasteiger partial charge in [0, 0.05) is 0 Å². The molecule has 0 spiro atoms. The van der Waals surface area contributed by atoms with E-state index in [1.165, 1.54) is 18.6 Å². The van der Waals surface area contributed by atoms with Gasteiger partial charge in [-0.15, -0.1) is 0 Å². The first kappa shape index (κ1) is 6.04. The minimum atomic E-state index is -0.459. The second-order valence-corrected chi connectivity index (χ2v) is 1.59. The third-order valence-electron chi connectivity index (χ3n) is 0.987. The normalized spacial score (nSPS) is 9.44. The molecule has 0 atom stereocenters. The molecule has 0 saturated heterocycles. The highest BCUT2D eigenvalue weighted by atomic mass is 16.3. The summed E-state index contributed by atoms with van der Waals surface area (Å²) in [6.07, 6.45) is 2.70. The van der Waals surface area contributed by atoms with Crippen LogP contribution in [0.25, 0.3) is 0 Å². The summed E-state index contributed by atoms with van der Waals surface area (Å²) < 4.78 is 4.61. The number of hydrogen-bond acceptors (Lipinski definition) is 3. The molecule has 3 nitrogen and oxygen atoms in total. The first-order chi connectivity index (χ1) is 4.34. The lowest BCUT2D eigenvalue weighted by atomic mass is 10.2. The maximum absolute atomic E-state index is 10.6. The van der Waals surface area contributed by atoms with E-state index in [0.29, 0.717) is 5.56 Å². The van der Waals surface area contributed by atoms with Crippen molar-refractivity contribution in [1.29, 1.82) is 0 Å². The number of rotatable bonds is 2. The number of aliphatic hydroxyl groups is 1. The number of furan rings is 1. The van der Waals surface area contributed by atoms with Crippen LogP contribution < -0.4 is 0 Å². The van der Waals surface area contributed by atoms with Crippen LogP contribution in [-0.2, 0) is 0 Å². The Bertz CT molecular complexity index is 188. The zero-order valence-corrected chi connectivity index (χ0v) is 4.70. The quantitative estimate of drug-likeness (QED) is 0.585. The molecular weight excluding hydrogens is 120 g/mol. The van der Waals surface area contributed by atoms with Gasteiger partial charge in [0.25, 0.3) is 0 Å². The molecule has 1 rings (SSSR count). The lowest BCUT2D eigenvalue weighted by Crippen LogP contribution is -2.01. The summed E-state index contributed by atoms with van der Waals surface area (Å²) in [6.45, 7) is -0.459. The largest absolute Gasteiger partial charge is 0.472 e. The Hall–Kier alpha value is -1.09. The molecule has 48 valence electrons. The summed E-state index contributed by atoms with van der Waals surface area (Å²) in [5, 5.41) is 8.32. The number of carbonyl (C=O) groups excluding carboxylic acids is 1. The van der Waals surface area contributed by atoms with Crippen molar-refractivity contribution in [3.63, 3.8) is 0 Å². The minimum Gasteiger partial charge on any atom is -0.472 e. The van der Waals surface area contributed by atoms with E-state index in [2.05, 4.69) is 4.42 Å².